The molecule has 0 saturated carbocycles. The van der Waals surface area contributed by atoms with Crippen molar-refractivity contribution in [1.82, 2.24) is 21.3 Å². The number of aliphatic carboxylic acids is 1. The smallest absolute Gasteiger partial charge is 0.320 e. The number of hydrogen-bond acceptors (Lipinski definition) is 6. The van der Waals surface area contributed by atoms with Crippen molar-refractivity contribution in [2.75, 3.05) is 13.1 Å². The van der Waals surface area contributed by atoms with Crippen LogP contribution in [0.3, 0.4) is 0 Å². The van der Waals surface area contributed by atoms with Gasteiger partial charge < -0.3 is 32.1 Å². The second kappa shape index (κ2) is 19.4. The number of carboxylic acid groups (broad SMARTS) is 1. The molecule has 9 heteroatoms. The third-order valence-electron chi connectivity index (χ3n) is 9.69. The van der Waals surface area contributed by atoms with E-state index in [1.165, 1.54) is 10.8 Å². The molecule has 0 fully saturated rings. The molecule has 9 nitrogen and oxygen atoms in total. The Bertz CT molecular complexity index is 1480. The minimum Gasteiger partial charge on any atom is -0.480 e. The molecule has 0 spiro atoms. The summed E-state index contributed by atoms with van der Waals surface area (Å²) in [5, 5.41) is 25.1. The fourth-order valence-corrected chi connectivity index (χ4v) is 6.35. The first kappa shape index (κ1) is 39.6. The molecule has 0 bridgehead atoms. The molecule has 0 aliphatic carbocycles. The number of amides is 2. The second-order valence-corrected chi connectivity index (χ2v) is 14.0. The molecule has 3 aromatic rings. The zero-order chi connectivity index (χ0) is 36.0. The molecule has 0 saturated heterocycles. The lowest BCUT2D eigenvalue weighted by molar-refractivity contribution is -0.140. The quantitative estimate of drug-likeness (QED) is 0.0911. The zero-order valence-electron chi connectivity index (χ0n) is 30.3. The van der Waals surface area contributed by atoms with Crippen LogP contribution >= 0.6 is 0 Å². The third-order valence-corrected chi connectivity index (χ3v) is 9.69. The maximum atomic E-state index is 14.1. The highest BCUT2D eigenvalue weighted by Crippen LogP contribution is 2.20. The van der Waals surface area contributed by atoms with Crippen LogP contribution < -0.4 is 27.0 Å². The van der Waals surface area contributed by atoms with Crippen molar-refractivity contribution >= 4 is 28.6 Å². The Labute approximate surface area is 293 Å². The summed E-state index contributed by atoms with van der Waals surface area (Å²) < 4.78 is 0. The molecule has 0 heterocycles. The number of carbonyl (C=O) groups excluding carboxylic acids is 2. The van der Waals surface area contributed by atoms with Crippen LogP contribution in [0.25, 0.3) is 10.8 Å². The molecular formula is C40H59N5O4. The predicted octanol–water partition coefficient (Wildman–Crippen LogP) is 5.21. The van der Waals surface area contributed by atoms with Crippen LogP contribution in [-0.2, 0) is 27.2 Å². The van der Waals surface area contributed by atoms with E-state index in [2.05, 4.69) is 51.6 Å². The van der Waals surface area contributed by atoms with Crippen molar-refractivity contribution in [1.29, 1.82) is 0 Å². The first-order chi connectivity index (χ1) is 23.4. The molecule has 2 amide bonds. The second-order valence-electron chi connectivity index (χ2n) is 14.0. The molecule has 1 unspecified atom stereocenters. The molecule has 0 aliphatic heterocycles. The van der Waals surface area contributed by atoms with E-state index in [1.807, 2.05) is 84.0 Å². The van der Waals surface area contributed by atoms with Crippen molar-refractivity contribution in [3.05, 3.63) is 83.9 Å². The Morgan fingerprint density at radius 3 is 2.06 bits per heavy atom. The lowest BCUT2D eigenvalue weighted by atomic mass is 9.89. The Morgan fingerprint density at radius 2 is 1.45 bits per heavy atom. The van der Waals surface area contributed by atoms with Gasteiger partial charge in [0, 0.05) is 25.2 Å². The Balaban J connectivity index is 1.72. The summed E-state index contributed by atoms with van der Waals surface area (Å²) in [7, 11) is 0. The summed E-state index contributed by atoms with van der Waals surface area (Å²) in [5.74, 6) is -1.22. The van der Waals surface area contributed by atoms with Gasteiger partial charge in [-0.2, -0.15) is 0 Å². The van der Waals surface area contributed by atoms with E-state index >= 15 is 0 Å². The van der Waals surface area contributed by atoms with Crippen molar-refractivity contribution in [2.24, 2.45) is 17.6 Å². The largest absolute Gasteiger partial charge is 0.480 e. The van der Waals surface area contributed by atoms with Crippen molar-refractivity contribution in [3.8, 4) is 0 Å². The summed E-state index contributed by atoms with van der Waals surface area (Å²) in [6, 6.07) is 22.5. The molecule has 3 aromatic carbocycles. The van der Waals surface area contributed by atoms with Gasteiger partial charge in [0.1, 0.15) is 11.6 Å². The number of benzene rings is 3. The van der Waals surface area contributed by atoms with Crippen molar-refractivity contribution < 1.29 is 19.5 Å². The van der Waals surface area contributed by atoms with Gasteiger partial charge >= 0.3 is 5.97 Å². The Kier molecular flexibility index (Phi) is 15.7. The highest BCUT2D eigenvalue weighted by Gasteiger charge is 2.40. The number of fused-ring (bicyclic) bond motifs is 1. The normalized spacial score (nSPS) is 14.9. The van der Waals surface area contributed by atoms with Gasteiger partial charge in [0.25, 0.3) is 0 Å². The first-order valence-corrected chi connectivity index (χ1v) is 18.0. The van der Waals surface area contributed by atoms with Crippen LogP contribution in [0.1, 0.15) is 78.4 Å². The fourth-order valence-electron chi connectivity index (χ4n) is 6.35. The molecule has 5 atom stereocenters. The van der Waals surface area contributed by atoms with Gasteiger partial charge in [0.15, 0.2) is 0 Å². The maximum absolute atomic E-state index is 14.1. The molecular weight excluding hydrogens is 614 g/mol. The average Bonchev–Trinajstić information content (AvgIpc) is 3.08. The number of nitrogens with two attached hydrogens (primary N) is 1. The van der Waals surface area contributed by atoms with E-state index in [4.69, 9.17) is 5.73 Å². The van der Waals surface area contributed by atoms with E-state index in [0.717, 1.165) is 17.5 Å². The van der Waals surface area contributed by atoms with Crippen LogP contribution in [0.2, 0.25) is 0 Å². The summed E-state index contributed by atoms with van der Waals surface area (Å²) in [5.41, 5.74) is 7.60. The highest BCUT2D eigenvalue weighted by molar-refractivity contribution is 5.93. The van der Waals surface area contributed by atoms with Crippen molar-refractivity contribution in [2.45, 2.75) is 110 Å². The molecule has 268 valence electrons. The van der Waals surface area contributed by atoms with E-state index in [0.29, 0.717) is 38.6 Å². The average molecular weight is 674 g/mol. The summed E-state index contributed by atoms with van der Waals surface area (Å²) >= 11 is 0. The van der Waals surface area contributed by atoms with E-state index in [9.17, 15) is 19.5 Å². The van der Waals surface area contributed by atoms with Crippen LogP contribution in [0.15, 0.2) is 72.8 Å². The van der Waals surface area contributed by atoms with Crippen LogP contribution in [0.5, 0.6) is 0 Å². The standard InChI is InChI=1S/C40H59N5O4/c1-7-28(6)36(43-25-33(41)23-30-19-20-31-17-13-14-18-32(31)22-30)37(46)45-40(8-2,9-3)39(49)44-34(24-29-15-11-10-12-16-29)26-42-35(38(47)48)21-27(4)5/h10-20,22,27-28,33-36,42-43H,7-9,21,23-26,41H2,1-6H3,(H,44,49)(H,45,46)(H,47,48)/t28?,33-,34-,35-,36-/m0/s1. The van der Waals surface area contributed by atoms with E-state index in [-0.39, 0.29) is 36.2 Å². The van der Waals surface area contributed by atoms with Gasteiger partial charge in [0.05, 0.1) is 6.04 Å². The van der Waals surface area contributed by atoms with Crippen molar-refractivity contribution in [3.63, 3.8) is 0 Å². The Hall–Kier alpha value is -3.79. The number of hydrogen-bond donors (Lipinski definition) is 6. The topological polar surface area (TPSA) is 146 Å². The van der Waals surface area contributed by atoms with Crippen LogP contribution in [0, 0.1) is 11.8 Å². The molecule has 0 aliphatic rings. The number of carboxylic acids is 1. The molecule has 3 rings (SSSR count). The monoisotopic (exact) mass is 673 g/mol. The van der Waals surface area contributed by atoms with Crippen LogP contribution in [-0.4, -0.2) is 65.7 Å². The fraction of sp³-hybridized carbons (Fsp3) is 0.525. The lowest BCUT2D eigenvalue weighted by Crippen LogP contribution is -2.64. The van der Waals surface area contributed by atoms with Gasteiger partial charge in [-0.3, -0.25) is 14.4 Å². The lowest BCUT2D eigenvalue weighted by Gasteiger charge is -2.36. The number of rotatable bonds is 21. The zero-order valence-corrected chi connectivity index (χ0v) is 30.3. The minimum absolute atomic E-state index is 0.00582. The number of carbonyl (C=O) groups is 3. The summed E-state index contributed by atoms with van der Waals surface area (Å²) in [6.45, 7) is 12.6. The summed E-state index contributed by atoms with van der Waals surface area (Å²) in [6.07, 6.45) is 3.21. The molecule has 49 heavy (non-hydrogen) atoms. The highest BCUT2D eigenvalue weighted by atomic mass is 16.4. The minimum atomic E-state index is -1.14. The first-order valence-electron chi connectivity index (χ1n) is 18.0. The van der Waals surface area contributed by atoms with Gasteiger partial charge in [-0.1, -0.05) is 121 Å². The van der Waals surface area contributed by atoms with E-state index in [1.54, 1.807) is 0 Å². The molecule has 7 N–H and O–H groups in total. The van der Waals surface area contributed by atoms with Crippen LogP contribution in [0.4, 0.5) is 0 Å². The maximum Gasteiger partial charge on any atom is 0.320 e. The number of nitrogens with one attached hydrogen (secondary N) is 4. The van der Waals surface area contributed by atoms with E-state index < -0.39 is 29.6 Å². The third kappa shape index (κ3) is 11.9. The predicted molar refractivity (Wildman–Crippen MR) is 199 cm³/mol. The SMILES string of the molecule is CCC(C)[C@H](NC[C@@H](N)Cc1ccc2ccccc2c1)C(=O)NC(CC)(CC)C(=O)N[C@H](CN[C@@H](CC(C)C)C(=O)O)Cc1ccccc1. The Morgan fingerprint density at radius 1 is 0.796 bits per heavy atom. The van der Waals surface area contributed by atoms with Gasteiger partial charge in [-0.25, -0.2) is 0 Å². The molecule has 0 aromatic heterocycles. The summed E-state index contributed by atoms with van der Waals surface area (Å²) in [4.78, 5) is 40.1. The van der Waals surface area contributed by atoms with Gasteiger partial charge in [-0.15, -0.1) is 0 Å². The molecule has 0 radical (unpaired) electrons. The van der Waals surface area contributed by atoms with Gasteiger partial charge in [0.2, 0.25) is 11.8 Å². The van der Waals surface area contributed by atoms with Gasteiger partial charge in [-0.05, 0) is 65.8 Å².